The Balaban J connectivity index is 2.22. The second-order valence-corrected chi connectivity index (χ2v) is 7.19. The number of ether oxygens (including phenoxy) is 1. The van der Waals surface area contributed by atoms with Crippen LogP contribution >= 0.6 is 0 Å². The highest BCUT2D eigenvalue weighted by Gasteiger charge is 2.48. The summed E-state index contributed by atoms with van der Waals surface area (Å²) in [7, 11) is -2.69. The minimum Gasteiger partial charge on any atom is -0.508 e. The molecule has 1 fully saturated rings. The predicted octanol–water partition coefficient (Wildman–Crippen LogP) is -0.166. The van der Waals surface area contributed by atoms with Crippen LogP contribution in [0.5, 0.6) is 5.75 Å². The molecule has 1 aliphatic rings. The first kappa shape index (κ1) is 17.2. The summed E-state index contributed by atoms with van der Waals surface area (Å²) in [5.74, 6) is -0.824. The van der Waals surface area contributed by atoms with Crippen LogP contribution in [-0.2, 0) is 24.3 Å². The Bertz CT molecular complexity index is 707. The van der Waals surface area contributed by atoms with Crippen molar-refractivity contribution in [2.75, 3.05) is 20.2 Å². The van der Waals surface area contributed by atoms with E-state index in [2.05, 4.69) is 9.46 Å². The van der Waals surface area contributed by atoms with E-state index in [4.69, 9.17) is 0 Å². The van der Waals surface area contributed by atoms with E-state index in [-0.39, 0.29) is 36.1 Å². The normalized spacial score (nSPS) is 16.5. The largest absolute Gasteiger partial charge is 0.508 e. The molecule has 0 bridgehead atoms. The summed E-state index contributed by atoms with van der Waals surface area (Å²) in [4.78, 5) is 24.3. The third-order valence-electron chi connectivity index (χ3n) is 3.64. The standard InChI is InChI=1S/C14H18N2O6S/c1-10(17)16-8-14(9-16,7-13(19)22-2)15-23(20,21)12-5-3-11(18)4-6-12/h3-6,15,18H,7-9H2,1-2H3. The first-order chi connectivity index (χ1) is 10.7. The number of nitrogens with one attached hydrogen (secondary N) is 1. The molecule has 2 N–H and O–H groups in total. The number of hydrogen-bond acceptors (Lipinski definition) is 6. The second kappa shape index (κ2) is 6.17. The van der Waals surface area contributed by atoms with Crippen molar-refractivity contribution in [1.29, 1.82) is 0 Å². The van der Waals surface area contributed by atoms with Crippen molar-refractivity contribution in [3.63, 3.8) is 0 Å². The average Bonchev–Trinajstić information content (AvgIpc) is 2.43. The number of aromatic hydroxyl groups is 1. The first-order valence-corrected chi connectivity index (χ1v) is 8.31. The molecule has 2 rings (SSSR count). The van der Waals surface area contributed by atoms with Crippen LogP contribution in [0.25, 0.3) is 0 Å². The lowest BCUT2D eigenvalue weighted by Gasteiger charge is -2.49. The van der Waals surface area contributed by atoms with E-state index < -0.39 is 21.5 Å². The van der Waals surface area contributed by atoms with Crippen molar-refractivity contribution in [2.24, 2.45) is 0 Å². The van der Waals surface area contributed by atoms with Gasteiger partial charge in [-0.15, -0.1) is 0 Å². The van der Waals surface area contributed by atoms with Crippen LogP contribution in [0.1, 0.15) is 13.3 Å². The number of carbonyl (C=O) groups is 2. The molecule has 126 valence electrons. The summed E-state index contributed by atoms with van der Waals surface area (Å²) >= 11 is 0. The number of nitrogens with zero attached hydrogens (tertiary/aromatic N) is 1. The third kappa shape index (κ3) is 3.80. The van der Waals surface area contributed by atoms with Gasteiger partial charge in [-0.1, -0.05) is 0 Å². The van der Waals surface area contributed by atoms with Crippen LogP contribution in [0.4, 0.5) is 0 Å². The third-order valence-corrected chi connectivity index (χ3v) is 5.24. The fourth-order valence-corrected chi connectivity index (χ4v) is 3.82. The molecular weight excluding hydrogens is 324 g/mol. The molecular formula is C14H18N2O6S. The zero-order valence-corrected chi connectivity index (χ0v) is 13.6. The molecule has 1 aromatic rings. The zero-order chi connectivity index (χ0) is 17.3. The number of amides is 1. The molecule has 0 saturated carbocycles. The number of carbonyl (C=O) groups excluding carboxylic acids is 2. The van der Waals surface area contributed by atoms with Gasteiger partial charge in [-0.3, -0.25) is 9.59 Å². The topological polar surface area (TPSA) is 113 Å². The molecule has 0 spiro atoms. The van der Waals surface area contributed by atoms with E-state index in [1.807, 2.05) is 0 Å². The van der Waals surface area contributed by atoms with Crippen LogP contribution in [0.15, 0.2) is 29.2 Å². The van der Waals surface area contributed by atoms with Crippen LogP contribution in [-0.4, -0.2) is 56.0 Å². The lowest BCUT2D eigenvalue weighted by Crippen LogP contribution is -2.71. The minimum absolute atomic E-state index is 0.0409. The number of methoxy groups -OCH3 is 1. The SMILES string of the molecule is COC(=O)CC1(NS(=O)(=O)c2ccc(O)cc2)CN(C(C)=O)C1. The molecule has 1 saturated heterocycles. The molecule has 0 radical (unpaired) electrons. The van der Waals surface area contributed by atoms with Gasteiger partial charge in [0.05, 0.1) is 24.0 Å². The summed E-state index contributed by atoms with van der Waals surface area (Å²) in [6.07, 6.45) is -0.176. The maximum Gasteiger partial charge on any atom is 0.307 e. The van der Waals surface area contributed by atoms with Gasteiger partial charge in [-0.05, 0) is 24.3 Å². The Kier molecular flexibility index (Phi) is 4.62. The Labute approximate surface area is 134 Å². The molecule has 0 unspecified atom stereocenters. The van der Waals surface area contributed by atoms with Crippen molar-refractivity contribution in [3.8, 4) is 5.75 Å². The van der Waals surface area contributed by atoms with Crippen LogP contribution in [0.2, 0.25) is 0 Å². The molecule has 1 aliphatic heterocycles. The van der Waals surface area contributed by atoms with Crippen LogP contribution in [0.3, 0.4) is 0 Å². The van der Waals surface area contributed by atoms with Crippen molar-refractivity contribution >= 4 is 21.9 Å². The van der Waals surface area contributed by atoms with E-state index in [0.717, 1.165) is 0 Å². The Hall–Kier alpha value is -2.13. The molecule has 8 nitrogen and oxygen atoms in total. The van der Waals surface area contributed by atoms with Gasteiger partial charge in [-0.25, -0.2) is 13.1 Å². The number of phenolic OH excluding ortho intramolecular Hbond substituents is 1. The van der Waals surface area contributed by atoms with E-state index >= 15 is 0 Å². The predicted molar refractivity (Wildman–Crippen MR) is 80.0 cm³/mol. The lowest BCUT2D eigenvalue weighted by molar-refractivity contribution is -0.148. The maximum atomic E-state index is 12.4. The van der Waals surface area contributed by atoms with Gasteiger partial charge in [0.25, 0.3) is 0 Å². The van der Waals surface area contributed by atoms with Gasteiger partial charge in [0.1, 0.15) is 5.75 Å². The number of esters is 1. The summed E-state index contributed by atoms with van der Waals surface area (Å²) in [6.45, 7) is 1.56. The fourth-order valence-electron chi connectivity index (χ4n) is 2.44. The fraction of sp³-hybridized carbons (Fsp3) is 0.429. The van der Waals surface area contributed by atoms with Crippen molar-refractivity contribution in [1.82, 2.24) is 9.62 Å². The number of phenols is 1. The number of rotatable bonds is 5. The Morgan fingerprint density at radius 2 is 1.87 bits per heavy atom. The van der Waals surface area contributed by atoms with Gasteiger partial charge in [0.15, 0.2) is 0 Å². The van der Waals surface area contributed by atoms with Crippen molar-refractivity contribution in [2.45, 2.75) is 23.8 Å². The smallest absolute Gasteiger partial charge is 0.307 e. The zero-order valence-electron chi connectivity index (χ0n) is 12.8. The Morgan fingerprint density at radius 1 is 1.30 bits per heavy atom. The molecule has 1 heterocycles. The number of benzene rings is 1. The van der Waals surface area contributed by atoms with Crippen molar-refractivity contribution < 1.29 is 27.9 Å². The summed E-state index contributed by atoms with van der Waals surface area (Å²) in [6, 6.07) is 5.02. The van der Waals surface area contributed by atoms with E-state index in [1.165, 1.54) is 43.2 Å². The minimum atomic E-state index is -3.91. The molecule has 0 aromatic heterocycles. The second-order valence-electron chi connectivity index (χ2n) is 5.51. The van der Waals surface area contributed by atoms with Crippen LogP contribution in [0, 0.1) is 0 Å². The van der Waals surface area contributed by atoms with E-state index in [9.17, 15) is 23.1 Å². The molecule has 0 aliphatic carbocycles. The molecule has 1 amide bonds. The van der Waals surface area contributed by atoms with Gasteiger partial charge < -0.3 is 14.7 Å². The summed E-state index contributed by atoms with van der Waals surface area (Å²) in [5.41, 5.74) is -1.09. The van der Waals surface area contributed by atoms with Gasteiger partial charge in [0, 0.05) is 20.0 Å². The van der Waals surface area contributed by atoms with E-state index in [1.54, 1.807) is 0 Å². The maximum absolute atomic E-state index is 12.4. The van der Waals surface area contributed by atoms with Gasteiger partial charge in [-0.2, -0.15) is 0 Å². The lowest BCUT2D eigenvalue weighted by atomic mass is 9.87. The highest BCUT2D eigenvalue weighted by Crippen LogP contribution is 2.28. The molecule has 9 heteroatoms. The first-order valence-electron chi connectivity index (χ1n) is 6.83. The number of likely N-dealkylation sites (tertiary alicyclic amines) is 1. The van der Waals surface area contributed by atoms with E-state index in [0.29, 0.717) is 0 Å². The monoisotopic (exact) mass is 342 g/mol. The average molecular weight is 342 g/mol. The quantitative estimate of drug-likeness (QED) is 0.719. The molecule has 0 atom stereocenters. The van der Waals surface area contributed by atoms with Crippen molar-refractivity contribution in [3.05, 3.63) is 24.3 Å². The Morgan fingerprint density at radius 3 is 2.35 bits per heavy atom. The highest BCUT2D eigenvalue weighted by molar-refractivity contribution is 7.89. The molecule has 1 aromatic carbocycles. The number of sulfonamides is 1. The summed E-state index contributed by atoms with van der Waals surface area (Å²) < 4.78 is 32.0. The summed E-state index contributed by atoms with van der Waals surface area (Å²) in [5, 5.41) is 9.24. The van der Waals surface area contributed by atoms with Gasteiger partial charge >= 0.3 is 5.97 Å². The molecule has 23 heavy (non-hydrogen) atoms. The van der Waals surface area contributed by atoms with Crippen LogP contribution < -0.4 is 4.72 Å². The highest BCUT2D eigenvalue weighted by atomic mass is 32.2. The van der Waals surface area contributed by atoms with Gasteiger partial charge in [0.2, 0.25) is 15.9 Å². The number of hydrogen-bond donors (Lipinski definition) is 2.